The Morgan fingerprint density at radius 3 is 2.14 bits per heavy atom. The zero-order valence-electron chi connectivity index (χ0n) is 22.6. The van der Waals surface area contributed by atoms with E-state index in [9.17, 15) is 35.9 Å². The predicted octanol–water partition coefficient (Wildman–Crippen LogP) is 6.01. The molecule has 2 aliphatic rings. The smallest absolute Gasteiger partial charge is 0.361 e. The molecule has 1 unspecified atom stereocenters. The van der Waals surface area contributed by atoms with E-state index >= 15 is 0 Å². The number of nitrogens with zero attached hydrogens (tertiary/aromatic N) is 3. The maximum atomic E-state index is 13.6. The standard InChI is InChI=1S/C29H30F6N4O2.ClH/c30-28(31,32)21-12-19(13-22(15-21)29(33,34)35)27(41)39-11-10-37(18-26(40)38-8-4-1-5-9-38)17-23(39)14-20-16-36-25-7-3-2-6-24(20)25;/h2-3,6-7,12-13,15-16,23,36H,1,4-5,8-11,14,17-18H2;1H. The zero-order chi connectivity index (χ0) is 29.4. The monoisotopic (exact) mass is 616 g/mol. The number of rotatable bonds is 5. The molecular formula is C29H31ClF6N4O2. The van der Waals surface area contributed by atoms with Crippen LogP contribution < -0.4 is 0 Å². The summed E-state index contributed by atoms with van der Waals surface area (Å²) >= 11 is 0. The fraction of sp³-hybridized carbons (Fsp3) is 0.448. The maximum absolute atomic E-state index is 13.6. The van der Waals surface area contributed by atoms with Gasteiger partial charge in [-0.2, -0.15) is 26.3 Å². The normalized spacial score (nSPS) is 18.7. The van der Waals surface area contributed by atoms with E-state index in [0.717, 1.165) is 35.7 Å². The molecule has 0 aliphatic carbocycles. The van der Waals surface area contributed by atoms with Gasteiger partial charge in [0, 0.05) is 61.4 Å². The molecule has 1 N–H and O–H groups in total. The molecule has 0 saturated carbocycles. The van der Waals surface area contributed by atoms with Crippen LogP contribution in [0.3, 0.4) is 0 Å². The van der Waals surface area contributed by atoms with Gasteiger partial charge in [0.05, 0.1) is 17.7 Å². The fourth-order valence-electron chi connectivity index (χ4n) is 5.74. The second-order valence-electron chi connectivity index (χ2n) is 10.7. The molecule has 13 heteroatoms. The minimum atomic E-state index is -5.06. The molecule has 1 atom stereocenters. The third kappa shape index (κ3) is 7.03. The van der Waals surface area contributed by atoms with Crippen molar-refractivity contribution in [2.45, 2.75) is 44.1 Å². The zero-order valence-corrected chi connectivity index (χ0v) is 23.4. The van der Waals surface area contributed by atoms with Crippen LogP contribution in [0.15, 0.2) is 48.7 Å². The second-order valence-corrected chi connectivity index (χ2v) is 10.7. The molecule has 2 aliphatic heterocycles. The number of aromatic amines is 1. The quantitative estimate of drug-likeness (QED) is 0.358. The number of piperazine rings is 1. The van der Waals surface area contributed by atoms with Gasteiger partial charge in [0.25, 0.3) is 5.91 Å². The van der Waals surface area contributed by atoms with Crippen LogP contribution in [0.25, 0.3) is 10.9 Å². The molecule has 42 heavy (non-hydrogen) atoms. The van der Waals surface area contributed by atoms with E-state index in [0.29, 0.717) is 31.6 Å². The number of aromatic nitrogens is 1. The van der Waals surface area contributed by atoms with Gasteiger partial charge in [-0.15, -0.1) is 12.4 Å². The van der Waals surface area contributed by atoms with Crippen molar-refractivity contribution in [1.29, 1.82) is 0 Å². The summed E-state index contributed by atoms with van der Waals surface area (Å²) in [6.07, 6.45) is -5.09. The van der Waals surface area contributed by atoms with Crippen LogP contribution in [-0.2, 0) is 23.6 Å². The predicted molar refractivity (Wildman–Crippen MR) is 147 cm³/mol. The van der Waals surface area contributed by atoms with Crippen LogP contribution in [0.2, 0.25) is 0 Å². The highest BCUT2D eigenvalue weighted by Crippen LogP contribution is 2.37. The molecule has 0 radical (unpaired) electrons. The van der Waals surface area contributed by atoms with Crippen molar-refractivity contribution in [2.24, 2.45) is 0 Å². The number of carbonyl (C=O) groups is 2. The van der Waals surface area contributed by atoms with Crippen molar-refractivity contribution in [1.82, 2.24) is 19.7 Å². The first kappa shape index (κ1) is 31.7. The summed E-state index contributed by atoms with van der Waals surface area (Å²) in [7, 11) is 0. The number of halogens is 7. The fourth-order valence-corrected chi connectivity index (χ4v) is 5.74. The molecule has 3 aromatic rings. The number of likely N-dealkylation sites (tertiary alicyclic amines) is 1. The molecule has 3 heterocycles. The molecule has 2 saturated heterocycles. The number of para-hydroxylation sites is 1. The van der Waals surface area contributed by atoms with E-state index in [1.807, 2.05) is 34.1 Å². The Morgan fingerprint density at radius 2 is 1.50 bits per heavy atom. The number of H-pyrrole nitrogens is 1. The molecule has 5 rings (SSSR count). The summed E-state index contributed by atoms with van der Waals surface area (Å²) < 4.78 is 81.0. The molecule has 1 aromatic heterocycles. The Kier molecular flexibility index (Phi) is 9.46. The van der Waals surface area contributed by atoms with Gasteiger partial charge in [-0.05, 0) is 55.5 Å². The first-order valence-corrected chi connectivity index (χ1v) is 13.6. The van der Waals surface area contributed by atoms with Crippen molar-refractivity contribution in [2.75, 3.05) is 39.3 Å². The van der Waals surface area contributed by atoms with Crippen molar-refractivity contribution >= 4 is 35.1 Å². The van der Waals surface area contributed by atoms with Crippen molar-refractivity contribution in [3.63, 3.8) is 0 Å². The van der Waals surface area contributed by atoms with Crippen LogP contribution in [0.4, 0.5) is 26.3 Å². The van der Waals surface area contributed by atoms with Gasteiger partial charge in [-0.25, -0.2) is 0 Å². The lowest BCUT2D eigenvalue weighted by Crippen LogP contribution is -2.57. The lowest BCUT2D eigenvalue weighted by molar-refractivity contribution is -0.143. The van der Waals surface area contributed by atoms with Gasteiger partial charge < -0.3 is 14.8 Å². The molecule has 6 nitrogen and oxygen atoms in total. The van der Waals surface area contributed by atoms with Crippen molar-refractivity contribution in [3.8, 4) is 0 Å². The van der Waals surface area contributed by atoms with E-state index in [-0.39, 0.29) is 50.6 Å². The molecule has 0 spiro atoms. The van der Waals surface area contributed by atoms with Crippen molar-refractivity contribution in [3.05, 3.63) is 70.9 Å². The van der Waals surface area contributed by atoms with E-state index in [4.69, 9.17) is 0 Å². The maximum Gasteiger partial charge on any atom is 0.416 e. The SMILES string of the molecule is Cl.O=C(CN1CCN(C(=O)c2cc(C(F)(F)F)cc(C(F)(F)F)c2)C(Cc2c[nH]c3ccccc23)C1)N1CCCCC1. The summed E-state index contributed by atoms with van der Waals surface area (Å²) in [5.41, 5.74) is -2.02. The Morgan fingerprint density at radius 1 is 0.857 bits per heavy atom. The molecule has 2 fully saturated rings. The number of hydrogen-bond acceptors (Lipinski definition) is 3. The van der Waals surface area contributed by atoms with E-state index in [1.54, 1.807) is 6.20 Å². The van der Waals surface area contributed by atoms with Gasteiger partial charge >= 0.3 is 12.4 Å². The third-order valence-electron chi connectivity index (χ3n) is 7.86. The summed E-state index contributed by atoms with van der Waals surface area (Å²) in [5, 5.41) is 0.903. The second kappa shape index (κ2) is 12.5. The average molecular weight is 617 g/mol. The Bertz CT molecular complexity index is 1380. The van der Waals surface area contributed by atoms with Crippen LogP contribution in [0, 0.1) is 0 Å². The summed E-state index contributed by atoms with van der Waals surface area (Å²) in [6.45, 7) is 2.07. The number of nitrogens with one attached hydrogen (secondary N) is 1. The molecule has 2 aromatic carbocycles. The number of piperidine rings is 1. The summed E-state index contributed by atoms with van der Waals surface area (Å²) in [6, 6.07) is 7.88. The van der Waals surface area contributed by atoms with Crippen LogP contribution in [-0.4, -0.2) is 76.8 Å². The van der Waals surface area contributed by atoms with Gasteiger partial charge in [0.2, 0.25) is 5.91 Å². The Balaban J connectivity index is 0.00000405. The highest BCUT2D eigenvalue weighted by molar-refractivity contribution is 5.95. The Hall–Kier alpha value is -3.25. The average Bonchev–Trinajstić information content (AvgIpc) is 3.35. The highest BCUT2D eigenvalue weighted by Gasteiger charge is 2.39. The van der Waals surface area contributed by atoms with E-state index in [2.05, 4.69) is 4.98 Å². The lowest BCUT2D eigenvalue weighted by atomic mass is 9.98. The van der Waals surface area contributed by atoms with Gasteiger partial charge in [0.15, 0.2) is 0 Å². The third-order valence-corrected chi connectivity index (χ3v) is 7.86. The molecule has 0 bridgehead atoms. The number of hydrogen-bond donors (Lipinski definition) is 1. The number of fused-ring (bicyclic) bond motifs is 1. The lowest BCUT2D eigenvalue weighted by Gasteiger charge is -2.42. The summed E-state index contributed by atoms with van der Waals surface area (Å²) in [5.74, 6) is -0.934. The highest BCUT2D eigenvalue weighted by atomic mass is 35.5. The summed E-state index contributed by atoms with van der Waals surface area (Å²) in [4.78, 5) is 34.8. The van der Waals surface area contributed by atoms with Crippen LogP contribution >= 0.6 is 12.4 Å². The Labute approximate surface area is 245 Å². The van der Waals surface area contributed by atoms with Gasteiger partial charge in [-0.3, -0.25) is 14.5 Å². The topological polar surface area (TPSA) is 59.7 Å². The van der Waals surface area contributed by atoms with E-state index < -0.39 is 41.0 Å². The molecular weight excluding hydrogens is 586 g/mol. The van der Waals surface area contributed by atoms with E-state index in [1.165, 1.54) is 4.90 Å². The number of amides is 2. The van der Waals surface area contributed by atoms with Crippen LogP contribution in [0.5, 0.6) is 0 Å². The minimum Gasteiger partial charge on any atom is -0.361 e. The van der Waals surface area contributed by atoms with Crippen molar-refractivity contribution < 1.29 is 35.9 Å². The van der Waals surface area contributed by atoms with Gasteiger partial charge in [-0.1, -0.05) is 18.2 Å². The molecule has 228 valence electrons. The van der Waals surface area contributed by atoms with Gasteiger partial charge in [0.1, 0.15) is 0 Å². The number of benzene rings is 2. The first-order valence-electron chi connectivity index (χ1n) is 13.6. The molecule has 2 amide bonds. The minimum absolute atomic E-state index is 0. The number of carbonyl (C=O) groups excluding carboxylic acids is 2. The largest absolute Gasteiger partial charge is 0.416 e. The first-order chi connectivity index (χ1) is 19.4. The number of alkyl halides is 6. The van der Waals surface area contributed by atoms with Crippen LogP contribution in [0.1, 0.15) is 46.3 Å².